The summed E-state index contributed by atoms with van der Waals surface area (Å²) in [5.74, 6) is 0.0948. The summed E-state index contributed by atoms with van der Waals surface area (Å²) >= 11 is 6.69. The molecular formula is C33H35ClN4O4S2. The molecule has 0 aliphatic carbocycles. The molecule has 5 rings (SSSR count). The van der Waals surface area contributed by atoms with E-state index in [0.717, 1.165) is 5.56 Å². The van der Waals surface area contributed by atoms with Gasteiger partial charge in [0.25, 0.3) is 10.0 Å². The maximum atomic E-state index is 14.5. The highest BCUT2D eigenvalue weighted by molar-refractivity contribution is 7.90. The molecule has 5 aromatic rings. The molecule has 2 heterocycles. The van der Waals surface area contributed by atoms with Crippen molar-refractivity contribution in [2.24, 2.45) is 0 Å². The highest BCUT2D eigenvalue weighted by Crippen LogP contribution is 2.37. The van der Waals surface area contributed by atoms with E-state index in [0.29, 0.717) is 38.4 Å². The van der Waals surface area contributed by atoms with Crippen LogP contribution in [-0.4, -0.2) is 36.4 Å². The number of pyridine rings is 1. The van der Waals surface area contributed by atoms with Gasteiger partial charge in [0.15, 0.2) is 0 Å². The minimum absolute atomic E-state index is 0.0751. The highest BCUT2D eigenvalue weighted by atomic mass is 35.5. The van der Waals surface area contributed by atoms with Crippen molar-refractivity contribution in [3.8, 4) is 11.3 Å². The van der Waals surface area contributed by atoms with Gasteiger partial charge in [-0.25, -0.2) is 26.3 Å². The van der Waals surface area contributed by atoms with E-state index in [1.54, 1.807) is 92.8 Å². The second-order valence-corrected chi connectivity index (χ2v) is 16.4. The van der Waals surface area contributed by atoms with Gasteiger partial charge < -0.3 is 5.11 Å². The van der Waals surface area contributed by atoms with Crippen molar-refractivity contribution in [3.05, 3.63) is 113 Å². The molecule has 0 saturated carbocycles. The summed E-state index contributed by atoms with van der Waals surface area (Å²) in [4.78, 5) is 9.59. The van der Waals surface area contributed by atoms with Gasteiger partial charge in [0, 0.05) is 16.8 Å². The lowest BCUT2D eigenvalue weighted by atomic mass is 9.97. The third kappa shape index (κ3) is 6.23. The van der Waals surface area contributed by atoms with Crippen LogP contribution in [0.5, 0.6) is 0 Å². The summed E-state index contributed by atoms with van der Waals surface area (Å²) in [6.45, 7) is 10.7. The molecule has 0 amide bonds. The lowest BCUT2D eigenvalue weighted by Gasteiger charge is -2.25. The average Bonchev–Trinajstić information content (AvgIpc) is 3.36. The third-order valence-electron chi connectivity index (χ3n) is 7.22. The first kappa shape index (κ1) is 32.0. The van der Waals surface area contributed by atoms with E-state index in [9.17, 15) is 17.7 Å². The molecule has 3 aromatic carbocycles. The van der Waals surface area contributed by atoms with Crippen LogP contribution in [0.3, 0.4) is 0 Å². The first-order valence-electron chi connectivity index (χ1n) is 14.0. The van der Waals surface area contributed by atoms with Crippen molar-refractivity contribution < 1.29 is 17.7 Å². The normalized spacial score (nSPS) is 14.1. The predicted octanol–water partition coefficient (Wildman–Crippen LogP) is 6.67. The average molecular weight is 651 g/mol. The number of aromatic nitrogens is 3. The van der Waals surface area contributed by atoms with E-state index in [-0.39, 0.29) is 10.7 Å². The van der Waals surface area contributed by atoms with E-state index in [1.165, 1.54) is 3.97 Å². The van der Waals surface area contributed by atoms with Gasteiger partial charge in [0.1, 0.15) is 11.9 Å². The molecule has 0 aliphatic heterocycles. The van der Waals surface area contributed by atoms with Crippen molar-refractivity contribution in [3.63, 3.8) is 0 Å². The van der Waals surface area contributed by atoms with E-state index in [4.69, 9.17) is 16.6 Å². The summed E-state index contributed by atoms with van der Waals surface area (Å²) in [5.41, 5.74) is 2.72. The third-order valence-corrected chi connectivity index (χ3v) is 10.9. The molecule has 0 aliphatic rings. The van der Waals surface area contributed by atoms with Crippen LogP contribution >= 0.6 is 11.6 Å². The Morgan fingerprint density at radius 1 is 0.955 bits per heavy atom. The standard InChI is InChI=1S/C33H35ClN4O4S2/c1-21-14-16-23(17-15-21)44(41,42)38-28-13-9-11-25(27-20-22(18-19-35-27)33(5,6)39)29(28)36-31(38)30(37-43(40)32(2,3)4)24-10-7-8-12-26(24)34/h7-20,30,37,39H,1-6H3. The maximum absolute atomic E-state index is 14.5. The van der Waals surface area contributed by atoms with Crippen LogP contribution in [0.1, 0.15) is 63.2 Å². The molecule has 0 bridgehead atoms. The molecule has 8 nitrogen and oxygen atoms in total. The minimum atomic E-state index is -4.23. The van der Waals surface area contributed by atoms with E-state index in [1.807, 2.05) is 33.8 Å². The number of rotatable bonds is 8. The molecule has 2 N–H and O–H groups in total. The lowest BCUT2D eigenvalue weighted by molar-refractivity contribution is 0.0785. The monoisotopic (exact) mass is 650 g/mol. The van der Waals surface area contributed by atoms with Crippen molar-refractivity contribution >= 4 is 43.6 Å². The second kappa shape index (κ2) is 11.8. The SMILES string of the molecule is Cc1ccc(S(=O)(=O)n2c(C(NS(=O)C(C)(C)C)c3ccccc3Cl)nc3c(-c4cc(C(C)(C)O)ccn4)cccc32)cc1. The molecule has 0 spiro atoms. The van der Waals surface area contributed by atoms with E-state index >= 15 is 0 Å². The molecule has 2 atom stereocenters. The molecule has 0 fully saturated rings. The van der Waals surface area contributed by atoms with Crippen LogP contribution in [0, 0.1) is 6.92 Å². The fraction of sp³-hybridized carbons (Fsp3) is 0.273. The fourth-order valence-corrected chi connectivity index (χ4v) is 7.29. The summed E-state index contributed by atoms with van der Waals surface area (Å²) in [7, 11) is -5.86. The number of nitrogens with one attached hydrogen (secondary N) is 1. The number of hydrogen-bond acceptors (Lipinski definition) is 6. The molecule has 230 valence electrons. The van der Waals surface area contributed by atoms with Crippen LogP contribution in [0.15, 0.2) is 90.0 Å². The molecular weight excluding hydrogens is 616 g/mol. The molecule has 2 aromatic heterocycles. The number of para-hydroxylation sites is 1. The van der Waals surface area contributed by atoms with Crippen molar-refractivity contribution in [1.29, 1.82) is 0 Å². The zero-order chi connectivity index (χ0) is 32.0. The Morgan fingerprint density at radius 2 is 1.64 bits per heavy atom. The first-order valence-corrected chi connectivity index (χ1v) is 17.0. The first-order chi connectivity index (χ1) is 20.6. The second-order valence-electron chi connectivity index (χ2n) is 12.2. The molecule has 11 heteroatoms. The van der Waals surface area contributed by atoms with Crippen LogP contribution in [-0.2, 0) is 26.6 Å². The molecule has 44 heavy (non-hydrogen) atoms. The van der Waals surface area contributed by atoms with Gasteiger partial charge in [-0.1, -0.05) is 59.6 Å². The quantitative estimate of drug-likeness (QED) is 0.194. The minimum Gasteiger partial charge on any atom is -0.386 e. The highest BCUT2D eigenvalue weighted by Gasteiger charge is 2.34. The molecule has 2 unspecified atom stereocenters. The number of halogens is 1. The molecule has 0 saturated heterocycles. The van der Waals surface area contributed by atoms with Crippen LogP contribution in [0.4, 0.5) is 0 Å². The lowest BCUT2D eigenvalue weighted by Crippen LogP contribution is -2.37. The van der Waals surface area contributed by atoms with Crippen LogP contribution < -0.4 is 4.72 Å². The largest absolute Gasteiger partial charge is 0.386 e. The smallest absolute Gasteiger partial charge is 0.269 e. The van der Waals surface area contributed by atoms with Gasteiger partial charge in [0.2, 0.25) is 0 Å². The number of nitrogens with zero attached hydrogens (tertiary/aromatic N) is 3. The summed E-state index contributed by atoms with van der Waals surface area (Å²) in [5, 5.41) is 11.0. The Kier molecular flexibility index (Phi) is 8.60. The van der Waals surface area contributed by atoms with Crippen LogP contribution in [0.25, 0.3) is 22.3 Å². The van der Waals surface area contributed by atoms with Crippen molar-refractivity contribution in [2.75, 3.05) is 0 Å². The fourth-order valence-electron chi connectivity index (χ4n) is 4.76. The summed E-state index contributed by atoms with van der Waals surface area (Å²) < 4.78 is 46.3. The van der Waals surface area contributed by atoms with Gasteiger partial charge in [-0.15, -0.1) is 0 Å². The predicted molar refractivity (Wildman–Crippen MR) is 176 cm³/mol. The Bertz CT molecular complexity index is 1980. The Hall–Kier alpha value is -3.41. The van der Waals surface area contributed by atoms with Gasteiger partial charge in [-0.3, -0.25) is 4.98 Å². The van der Waals surface area contributed by atoms with E-state index in [2.05, 4.69) is 9.71 Å². The summed E-state index contributed by atoms with van der Waals surface area (Å²) in [6.07, 6.45) is 1.60. The number of fused-ring (bicyclic) bond motifs is 1. The zero-order valence-corrected chi connectivity index (χ0v) is 27.8. The number of benzene rings is 3. The van der Waals surface area contributed by atoms with Crippen molar-refractivity contribution in [1.82, 2.24) is 18.7 Å². The van der Waals surface area contributed by atoms with Gasteiger partial charge >= 0.3 is 0 Å². The Morgan fingerprint density at radius 3 is 2.27 bits per heavy atom. The zero-order valence-electron chi connectivity index (χ0n) is 25.4. The van der Waals surface area contributed by atoms with Gasteiger partial charge in [0.05, 0.1) is 43.0 Å². The van der Waals surface area contributed by atoms with Gasteiger partial charge in [-0.05, 0) is 89.1 Å². The number of imidazole rings is 1. The maximum Gasteiger partial charge on any atom is 0.269 e. The molecule has 0 radical (unpaired) electrons. The van der Waals surface area contributed by atoms with E-state index < -0.39 is 37.4 Å². The Balaban J connectivity index is 1.87. The summed E-state index contributed by atoms with van der Waals surface area (Å²) in [6, 6.07) is 21.4. The number of aryl methyl sites for hydroxylation is 1. The van der Waals surface area contributed by atoms with Crippen LogP contribution in [0.2, 0.25) is 5.02 Å². The van der Waals surface area contributed by atoms with Gasteiger partial charge in [-0.2, -0.15) is 0 Å². The van der Waals surface area contributed by atoms with Crippen molar-refractivity contribution in [2.45, 2.75) is 62.8 Å². The number of aliphatic hydroxyl groups is 1. The topological polar surface area (TPSA) is 114 Å². The number of hydrogen-bond donors (Lipinski definition) is 2. The Labute approximate surface area is 265 Å².